The molecule has 1 heterocycles. The van der Waals surface area contributed by atoms with Crippen molar-refractivity contribution in [3.05, 3.63) is 40.8 Å². The summed E-state index contributed by atoms with van der Waals surface area (Å²) >= 11 is 0. The van der Waals surface area contributed by atoms with Gasteiger partial charge in [-0.05, 0) is 43.1 Å². The number of hydrogen-bond acceptors (Lipinski definition) is 4. The van der Waals surface area contributed by atoms with Gasteiger partial charge in [-0.15, -0.1) is 0 Å². The van der Waals surface area contributed by atoms with Crippen LogP contribution >= 0.6 is 0 Å². The van der Waals surface area contributed by atoms with E-state index in [1.54, 1.807) is 0 Å². The fraction of sp³-hybridized carbons (Fsp3) is 0.667. The minimum atomic E-state index is 0.496. The summed E-state index contributed by atoms with van der Waals surface area (Å²) in [5.41, 5.74) is 1.43. The van der Waals surface area contributed by atoms with Crippen LogP contribution in [0.4, 0.5) is 0 Å². The first-order valence-electron chi connectivity index (χ1n) is 8.54. The maximum atomic E-state index is 10.5. The Labute approximate surface area is 132 Å². The Morgan fingerprint density at radius 1 is 1.09 bits per heavy atom. The summed E-state index contributed by atoms with van der Waals surface area (Å²) in [7, 11) is 0. The average Bonchev–Trinajstić information content (AvgIpc) is 2.59. The molecule has 0 amide bonds. The highest BCUT2D eigenvalue weighted by Crippen LogP contribution is 2.40. The summed E-state index contributed by atoms with van der Waals surface area (Å²) in [6.45, 7) is 4.23. The lowest BCUT2D eigenvalue weighted by atomic mass is 9.76. The van der Waals surface area contributed by atoms with Gasteiger partial charge in [0.05, 0.1) is 19.8 Å². The van der Waals surface area contributed by atoms with Crippen molar-refractivity contribution >= 4 is 0 Å². The van der Waals surface area contributed by atoms with Gasteiger partial charge in [-0.2, -0.15) is 4.91 Å². The second-order valence-electron chi connectivity index (χ2n) is 6.60. The Morgan fingerprint density at radius 3 is 2.41 bits per heavy atom. The molecule has 0 spiro atoms. The molecule has 1 saturated heterocycles. The molecule has 1 saturated carbocycles. The number of benzene rings is 1. The van der Waals surface area contributed by atoms with E-state index in [4.69, 9.17) is 4.74 Å². The number of nitrogens with zero attached hydrogens (tertiary/aromatic N) is 2. The van der Waals surface area contributed by atoms with E-state index in [-0.39, 0.29) is 0 Å². The molecule has 0 radical (unpaired) electrons. The van der Waals surface area contributed by atoms with Crippen molar-refractivity contribution in [2.24, 2.45) is 17.0 Å². The SMILES string of the molecule is O=NCC1CCC(C(c2ccccc2)N2CCOCC2)CC1. The Kier molecular flexibility index (Phi) is 5.57. The molecule has 2 aliphatic rings. The molecule has 1 aromatic rings. The third-order valence-corrected chi connectivity index (χ3v) is 5.25. The van der Waals surface area contributed by atoms with Crippen molar-refractivity contribution in [1.29, 1.82) is 0 Å². The van der Waals surface area contributed by atoms with E-state index in [0.29, 0.717) is 24.4 Å². The molecule has 1 aliphatic carbocycles. The van der Waals surface area contributed by atoms with Crippen LogP contribution in [0.15, 0.2) is 35.5 Å². The van der Waals surface area contributed by atoms with Gasteiger partial charge in [0.15, 0.2) is 0 Å². The number of nitroso groups, excluding NO2 is 1. The van der Waals surface area contributed by atoms with E-state index in [1.165, 1.54) is 18.4 Å². The lowest BCUT2D eigenvalue weighted by molar-refractivity contribution is -0.00511. The molecular weight excluding hydrogens is 276 g/mol. The Balaban J connectivity index is 1.72. The van der Waals surface area contributed by atoms with Crippen molar-refractivity contribution in [2.75, 3.05) is 32.8 Å². The largest absolute Gasteiger partial charge is 0.379 e. The zero-order valence-electron chi connectivity index (χ0n) is 13.2. The molecule has 1 unspecified atom stereocenters. The van der Waals surface area contributed by atoms with Crippen molar-refractivity contribution in [3.8, 4) is 0 Å². The smallest absolute Gasteiger partial charge is 0.0839 e. The van der Waals surface area contributed by atoms with Crippen molar-refractivity contribution in [2.45, 2.75) is 31.7 Å². The quantitative estimate of drug-likeness (QED) is 0.780. The predicted molar refractivity (Wildman–Crippen MR) is 87.7 cm³/mol. The number of ether oxygens (including phenoxy) is 1. The van der Waals surface area contributed by atoms with Crippen molar-refractivity contribution in [3.63, 3.8) is 0 Å². The van der Waals surface area contributed by atoms with Crippen LogP contribution in [0, 0.1) is 16.7 Å². The van der Waals surface area contributed by atoms with Crippen LogP contribution in [-0.2, 0) is 4.74 Å². The minimum Gasteiger partial charge on any atom is -0.379 e. The Hall–Kier alpha value is -1.26. The second-order valence-corrected chi connectivity index (χ2v) is 6.60. The lowest BCUT2D eigenvalue weighted by Gasteiger charge is -2.42. The molecule has 1 aromatic carbocycles. The van der Waals surface area contributed by atoms with Crippen molar-refractivity contribution in [1.82, 2.24) is 4.90 Å². The molecule has 120 valence electrons. The van der Waals surface area contributed by atoms with Gasteiger partial charge in [-0.25, -0.2) is 0 Å². The van der Waals surface area contributed by atoms with Gasteiger partial charge in [0.1, 0.15) is 0 Å². The third-order valence-electron chi connectivity index (χ3n) is 5.25. The van der Waals surface area contributed by atoms with E-state index in [2.05, 4.69) is 40.4 Å². The molecule has 0 N–H and O–H groups in total. The monoisotopic (exact) mass is 302 g/mol. The zero-order chi connectivity index (χ0) is 15.2. The summed E-state index contributed by atoms with van der Waals surface area (Å²) < 4.78 is 5.53. The van der Waals surface area contributed by atoms with Crippen LogP contribution in [0.3, 0.4) is 0 Å². The van der Waals surface area contributed by atoms with Gasteiger partial charge in [-0.3, -0.25) is 4.90 Å². The van der Waals surface area contributed by atoms with Gasteiger partial charge in [0, 0.05) is 19.1 Å². The highest BCUT2D eigenvalue weighted by Gasteiger charge is 2.33. The number of hydrogen-bond donors (Lipinski definition) is 0. The van der Waals surface area contributed by atoms with E-state index < -0.39 is 0 Å². The molecule has 1 aliphatic heterocycles. The number of morpholine rings is 1. The van der Waals surface area contributed by atoms with Gasteiger partial charge in [0.25, 0.3) is 0 Å². The fourth-order valence-electron chi connectivity index (χ4n) is 4.08. The Morgan fingerprint density at radius 2 is 1.77 bits per heavy atom. The molecule has 4 heteroatoms. The highest BCUT2D eigenvalue weighted by molar-refractivity contribution is 5.20. The van der Waals surface area contributed by atoms with E-state index in [9.17, 15) is 4.91 Å². The molecule has 2 fully saturated rings. The van der Waals surface area contributed by atoms with Crippen LogP contribution in [0.1, 0.15) is 37.3 Å². The average molecular weight is 302 g/mol. The lowest BCUT2D eigenvalue weighted by Crippen LogP contribution is -2.42. The van der Waals surface area contributed by atoms with Crippen molar-refractivity contribution < 1.29 is 4.74 Å². The first-order valence-corrected chi connectivity index (χ1v) is 8.54. The van der Waals surface area contributed by atoms with Crippen LogP contribution in [0.5, 0.6) is 0 Å². The zero-order valence-corrected chi connectivity index (χ0v) is 13.2. The predicted octanol–water partition coefficient (Wildman–Crippen LogP) is 3.63. The third kappa shape index (κ3) is 3.73. The molecule has 0 bridgehead atoms. The first-order chi connectivity index (χ1) is 10.9. The maximum Gasteiger partial charge on any atom is 0.0839 e. The summed E-state index contributed by atoms with van der Waals surface area (Å²) in [6.07, 6.45) is 4.70. The number of rotatable bonds is 5. The van der Waals surface area contributed by atoms with Gasteiger partial charge in [-0.1, -0.05) is 35.5 Å². The van der Waals surface area contributed by atoms with E-state index >= 15 is 0 Å². The summed E-state index contributed by atoms with van der Waals surface area (Å²) in [4.78, 5) is 13.1. The Bertz CT molecular complexity index is 451. The molecule has 22 heavy (non-hydrogen) atoms. The topological polar surface area (TPSA) is 41.9 Å². The minimum absolute atomic E-state index is 0.496. The van der Waals surface area contributed by atoms with Crippen LogP contribution in [-0.4, -0.2) is 37.7 Å². The van der Waals surface area contributed by atoms with Crippen LogP contribution in [0.25, 0.3) is 0 Å². The standard InChI is InChI=1S/C18H26N2O2/c21-19-14-15-6-8-17(9-7-15)18(16-4-2-1-3-5-16)20-10-12-22-13-11-20/h1-5,15,17-18H,6-14H2. The van der Waals surface area contributed by atoms with Gasteiger partial charge < -0.3 is 4.74 Å². The highest BCUT2D eigenvalue weighted by atomic mass is 16.5. The fourth-order valence-corrected chi connectivity index (χ4v) is 4.08. The maximum absolute atomic E-state index is 10.5. The van der Waals surface area contributed by atoms with Crippen LogP contribution in [0.2, 0.25) is 0 Å². The van der Waals surface area contributed by atoms with E-state index in [1.807, 2.05) is 0 Å². The first kappa shape index (κ1) is 15.6. The normalized spacial score (nSPS) is 28.2. The summed E-state index contributed by atoms with van der Waals surface area (Å²) in [6, 6.07) is 11.4. The van der Waals surface area contributed by atoms with E-state index in [0.717, 1.165) is 39.1 Å². The van der Waals surface area contributed by atoms with Crippen LogP contribution < -0.4 is 0 Å². The van der Waals surface area contributed by atoms with Gasteiger partial charge in [0.2, 0.25) is 0 Å². The molecule has 4 nitrogen and oxygen atoms in total. The summed E-state index contributed by atoms with van der Waals surface area (Å²) in [5, 5.41) is 3.10. The van der Waals surface area contributed by atoms with Gasteiger partial charge >= 0.3 is 0 Å². The molecule has 1 atom stereocenters. The summed E-state index contributed by atoms with van der Waals surface area (Å²) in [5.74, 6) is 1.19. The second kappa shape index (κ2) is 7.84. The molecular formula is C18H26N2O2. The molecule has 3 rings (SSSR count). The molecule has 0 aromatic heterocycles.